The minimum Gasteiger partial charge on any atom is -0.309 e. The number of aromatic nitrogens is 2. The van der Waals surface area contributed by atoms with Gasteiger partial charge < -0.3 is 4.57 Å². The third kappa shape index (κ3) is 3.59. The van der Waals surface area contributed by atoms with Gasteiger partial charge in [-0.15, -0.1) is 11.3 Å². The smallest absolute Gasteiger partial charge is 0.251 e. The molecule has 0 aliphatic carbocycles. The van der Waals surface area contributed by atoms with E-state index in [4.69, 9.17) is 0 Å². The molecule has 0 saturated carbocycles. The second kappa shape index (κ2) is 6.50. The Morgan fingerprint density at radius 3 is 2.57 bits per heavy atom. The molecule has 23 heavy (non-hydrogen) atoms. The van der Waals surface area contributed by atoms with Gasteiger partial charge in [-0.05, 0) is 30.0 Å². The van der Waals surface area contributed by atoms with Crippen molar-refractivity contribution in [3.05, 3.63) is 74.5 Å². The van der Waals surface area contributed by atoms with Gasteiger partial charge in [0.2, 0.25) is 0 Å². The highest BCUT2D eigenvalue weighted by molar-refractivity contribution is 7.09. The molecule has 0 N–H and O–H groups in total. The van der Waals surface area contributed by atoms with Crippen LogP contribution in [0.4, 0.5) is 0 Å². The fraction of sp³-hybridized carbons (Fsp3) is 0.263. The van der Waals surface area contributed by atoms with Gasteiger partial charge in [0.05, 0.1) is 12.2 Å². The summed E-state index contributed by atoms with van der Waals surface area (Å²) < 4.78 is 1.69. The lowest BCUT2D eigenvalue weighted by Gasteiger charge is -2.05. The standard InChI is InChI=1S/C19H20N2OS/c1-13(2)15-4-6-16(7-5-15)17-12-23-18(20-17)11-21-9-8-14(3)10-19(21)22/h4-10,12-13H,11H2,1-3H3. The third-order valence-corrected chi connectivity index (χ3v) is 4.72. The zero-order valence-corrected chi connectivity index (χ0v) is 14.4. The quantitative estimate of drug-likeness (QED) is 0.710. The molecule has 3 nitrogen and oxygen atoms in total. The molecule has 2 heterocycles. The van der Waals surface area contributed by atoms with Crippen molar-refractivity contribution in [2.24, 2.45) is 0 Å². The summed E-state index contributed by atoms with van der Waals surface area (Å²) >= 11 is 1.59. The Kier molecular flexibility index (Phi) is 4.44. The highest BCUT2D eigenvalue weighted by atomic mass is 32.1. The zero-order valence-electron chi connectivity index (χ0n) is 13.6. The Morgan fingerprint density at radius 2 is 1.91 bits per heavy atom. The minimum absolute atomic E-state index is 0.0167. The predicted molar refractivity (Wildman–Crippen MR) is 96.2 cm³/mol. The second-order valence-electron chi connectivity index (χ2n) is 6.07. The van der Waals surface area contributed by atoms with Gasteiger partial charge in [-0.1, -0.05) is 38.1 Å². The van der Waals surface area contributed by atoms with Gasteiger partial charge in [-0.3, -0.25) is 4.79 Å². The zero-order chi connectivity index (χ0) is 16.4. The van der Waals surface area contributed by atoms with Crippen molar-refractivity contribution >= 4 is 11.3 Å². The van der Waals surface area contributed by atoms with E-state index in [0.29, 0.717) is 12.5 Å². The van der Waals surface area contributed by atoms with E-state index < -0.39 is 0 Å². The van der Waals surface area contributed by atoms with Crippen molar-refractivity contribution < 1.29 is 0 Å². The van der Waals surface area contributed by atoms with Crippen LogP contribution in [-0.4, -0.2) is 9.55 Å². The molecule has 2 aromatic heterocycles. The maximum Gasteiger partial charge on any atom is 0.251 e. The van der Waals surface area contributed by atoms with E-state index in [9.17, 15) is 4.79 Å². The Hall–Kier alpha value is -2.20. The van der Waals surface area contributed by atoms with Crippen molar-refractivity contribution in [3.63, 3.8) is 0 Å². The summed E-state index contributed by atoms with van der Waals surface area (Å²) in [6, 6.07) is 12.1. The molecule has 0 aliphatic rings. The Bertz CT molecular complexity index is 860. The molecule has 0 saturated heterocycles. The number of hydrogen-bond donors (Lipinski definition) is 0. The van der Waals surface area contributed by atoms with E-state index >= 15 is 0 Å². The molecule has 4 heteroatoms. The summed E-state index contributed by atoms with van der Waals surface area (Å²) in [5.74, 6) is 0.531. The van der Waals surface area contributed by atoms with Crippen LogP contribution in [0.5, 0.6) is 0 Å². The fourth-order valence-electron chi connectivity index (χ4n) is 2.44. The number of benzene rings is 1. The van der Waals surface area contributed by atoms with Crippen LogP contribution in [0, 0.1) is 6.92 Å². The summed E-state index contributed by atoms with van der Waals surface area (Å²) in [5, 5.41) is 3.00. The first-order valence-corrected chi connectivity index (χ1v) is 8.63. The highest BCUT2D eigenvalue weighted by Gasteiger charge is 2.07. The molecular weight excluding hydrogens is 304 g/mol. The first-order valence-electron chi connectivity index (χ1n) is 7.75. The van der Waals surface area contributed by atoms with Gasteiger partial charge in [0.25, 0.3) is 5.56 Å². The molecular formula is C19H20N2OS. The molecule has 0 atom stereocenters. The monoisotopic (exact) mass is 324 g/mol. The molecule has 0 radical (unpaired) electrons. The summed E-state index contributed by atoms with van der Waals surface area (Å²) in [6.07, 6.45) is 1.83. The highest BCUT2D eigenvalue weighted by Crippen LogP contribution is 2.24. The first kappa shape index (κ1) is 15.7. The number of thiazole rings is 1. The summed E-state index contributed by atoms with van der Waals surface area (Å²) in [7, 11) is 0. The van der Waals surface area contributed by atoms with Crippen LogP contribution in [-0.2, 0) is 6.54 Å². The molecule has 0 bridgehead atoms. The van der Waals surface area contributed by atoms with Crippen molar-refractivity contribution in [2.75, 3.05) is 0 Å². The van der Waals surface area contributed by atoms with E-state index in [2.05, 4.69) is 48.5 Å². The van der Waals surface area contributed by atoms with Crippen molar-refractivity contribution in [1.29, 1.82) is 0 Å². The molecule has 0 amide bonds. The van der Waals surface area contributed by atoms with Gasteiger partial charge in [-0.25, -0.2) is 4.98 Å². The summed E-state index contributed by atoms with van der Waals surface area (Å²) in [4.78, 5) is 16.6. The van der Waals surface area contributed by atoms with E-state index in [1.54, 1.807) is 22.0 Å². The Morgan fingerprint density at radius 1 is 1.17 bits per heavy atom. The summed E-state index contributed by atoms with van der Waals surface area (Å²) in [6.45, 7) is 6.83. The van der Waals surface area contributed by atoms with Crippen LogP contribution in [0.1, 0.15) is 35.9 Å². The van der Waals surface area contributed by atoms with E-state index in [1.807, 2.05) is 19.2 Å². The molecule has 0 spiro atoms. The second-order valence-corrected chi connectivity index (χ2v) is 7.02. The van der Waals surface area contributed by atoms with Gasteiger partial charge in [0.15, 0.2) is 0 Å². The maximum absolute atomic E-state index is 12.0. The molecule has 3 rings (SSSR count). The largest absolute Gasteiger partial charge is 0.309 e. The number of hydrogen-bond acceptors (Lipinski definition) is 3. The van der Waals surface area contributed by atoms with Crippen molar-refractivity contribution in [1.82, 2.24) is 9.55 Å². The van der Waals surface area contributed by atoms with Crippen LogP contribution in [0.3, 0.4) is 0 Å². The number of pyridine rings is 1. The van der Waals surface area contributed by atoms with Crippen LogP contribution in [0.2, 0.25) is 0 Å². The Labute approximate surface area is 140 Å². The van der Waals surface area contributed by atoms with Crippen LogP contribution >= 0.6 is 11.3 Å². The van der Waals surface area contributed by atoms with Crippen molar-refractivity contribution in [3.8, 4) is 11.3 Å². The summed E-state index contributed by atoms with van der Waals surface area (Å²) in [5.41, 5.74) is 4.42. The minimum atomic E-state index is 0.0167. The molecule has 0 aliphatic heterocycles. The number of rotatable bonds is 4. The lowest BCUT2D eigenvalue weighted by Crippen LogP contribution is -2.19. The maximum atomic E-state index is 12.0. The lowest BCUT2D eigenvalue weighted by molar-refractivity contribution is 0.752. The first-order chi connectivity index (χ1) is 11.0. The normalized spacial score (nSPS) is 11.1. The fourth-order valence-corrected chi connectivity index (χ4v) is 3.24. The van der Waals surface area contributed by atoms with Crippen molar-refractivity contribution in [2.45, 2.75) is 33.2 Å². The molecule has 118 valence electrons. The third-order valence-electron chi connectivity index (χ3n) is 3.88. The van der Waals surface area contributed by atoms with Gasteiger partial charge in [0, 0.05) is 23.2 Å². The molecule has 3 aromatic rings. The van der Waals surface area contributed by atoms with Crippen LogP contribution in [0.15, 0.2) is 52.8 Å². The van der Waals surface area contributed by atoms with E-state index in [1.165, 1.54) is 5.56 Å². The molecule has 0 unspecified atom stereocenters. The Balaban J connectivity index is 1.81. The average Bonchev–Trinajstić information content (AvgIpc) is 2.99. The number of aryl methyl sites for hydroxylation is 1. The SMILES string of the molecule is Cc1ccn(Cc2nc(-c3ccc(C(C)C)cc3)cs2)c(=O)c1. The van der Waals surface area contributed by atoms with E-state index in [0.717, 1.165) is 21.8 Å². The van der Waals surface area contributed by atoms with Gasteiger partial charge in [0.1, 0.15) is 5.01 Å². The lowest BCUT2D eigenvalue weighted by atomic mass is 10.0. The van der Waals surface area contributed by atoms with Crippen LogP contribution in [0.25, 0.3) is 11.3 Å². The molecule has 0 fully saturated rings. The van der Waals surface area contributed by atoms with Crippen LogP contribution < -0.4 is 5.56 Å². The topological polar surface area (TPSA) is 34.9 Å². The van der Waals surface area contributed by atoms with Gasteiger partial charge in [-0.2, -0.15) is 0 Å². The number of nitrogens with zero attached hydrogens (tertiary/aromatic N) is 2. The van der Waals surface area contributed by atoms with Gasteiger partial charge >= 0.3 is 0 Å². The molecule has 1 aromatic carbocycles. The average molecular weight is 324 g/mol. The predicted octanol–water partition coefficient (Wildman–Crippen LogP) is 4.45. The van der Waals surface area contributed by atoms with E-state index in [-0.39, 0.29) is 5.56 Å².